The molecule has 0 bridgehead atoms. The number of nitrogens with zero attached hydrogens (tertiary/aromatic N) is 4. The number of hydrogen-bond donors (Lipinski definition) is 1. The number of aromatic nitrogens is 2. The molecule has 6 heteroatoms. The smallest absolute Gasteiger partial charge is 0.224 e. The lowest BCUT2D eigenvalue weighted by atomic mass is 10.2. The molecular formula is C12H20FN5. The monoisotopic (exact) mass is 253 g/mol. The Morgan fingerprint density at radius 3 is 2.94 bits per heavy atom. The molecule has 1 N–H and O–H groups in total. The summed E-state index contributed by atoms with van der Waals surface area (Å²) in [7, 11) is 4.10. The van der Waals surface area contributed by atoms with E-state index in [-0.39, 0.29) is 5.82 Å². The molecule has 1 saturated heterocycles. The molecular weight excluding hydrogens is 233 g/mol. The topological polar surface area (TPSA) is 44.3 Å². The summed E-state index contributed by atoms with van der Waals surface area (Å²) >= 11 is 0. The van der Waals surface area contributed by atoms with Gasteiger partial charge in [0.1, 0.15) is 0 Å². The van der Waals surface area contributed by atoms with E-state index in [2.05, 4.69) is 34.3 Å². The molecule has 0 aliphatic carbocycles. The Morgan fingerprint density at radius 2 is 2.33 bits per heavy atom. The van der Waals surface area contributed by atoms with E-state index in [1.54, 1.807) is 0 Å². The van der Waals surface area contributed by atoms with Crippen LogP contribution >= 0.6 is 0 Å². The van der Waals surface area contributed by atoms with Crippen molar-refractivity contribution < 1.29 is 4.39 Å². The molecule has 0 spiro atoms. The van der Waals surface area contributed by atoms with Crippen LogP contribution in [0.5, 0.6) is 0 Å². The summed E-state index contributed by atoms with van der Waals surface area (Å²) < 4.78 is 13.8. The second-order valence-electron chi connectivity index (χ2n) is 4.75. The minimum absolute atomic E-state index is 0.351. The van der Waals surface area contributed by atoms with Gasteiger partial charge in [-0.2, -0.15) is 4.98 Å². The second-order valence-corrected chi connectivity index (χ2v) is 4.75. The Morgan fingerprint density at radius 1 is 1.56 bits per heavy atom. The summed E-state index contributed by atoms with van der Waals surface area (Å²) in [5.41, 5.74) is 0. The summed E-state index contributed by atoms with van der Waals surface area (Å²) in [6.45, 7) is 4.34. The quantitative estimate of drug-likeness (QED) is 0.873. The molecule has 100 valence electrons. The summed E-state index contributed by atoms with van der Waals surface area (Å²) in [6.07, 6.45) is 2.27. The van der Waals surface area contributed by atoms with Crippen LogP contribution in [0.3, 0.4) is 0 Å². The van der Waals surface area contributed by atoms with Crippen LogP contribution in [0.4, 0.5) is 16.2 Å². The molecule has 5 nitrogen and oxygen atoms in total. The minimum atomic E-state index is -0.351. The van der Waals surface area contributed by atoms with Gasteiger partial charge >= 0.3 is 0 Å². The van der Waals surface area contributed by atoms with Crippen LogP contribution in [-0.4, -0.2) is 54.6 Å². The van der Waals surface area contributed by atoms with Crippen LogP contribution < -0.4 is 10.2 Å². The number of halogens is 1. The molecule has 0 saturated carbocycles. The summed E-state index contributed by atoms with van der Waals surface area (Å²) in [5, 5.41) is 3.01. The van der Waals surface area contributed by atoms with Gasteiger partial charge in [-0.1, -0.05) is 0 Å². The minimum Gasteiger partial charge on any atom is -0.354 e. The first-order valence-corrected chi connectivity index (χ1v) is 6.29. The van der Waals surface area contributed by atoms with E-state index in [1.165, 1.54) is 6.20 Å². The molecule has 2 rings (SSSR count). The van der Waals surface area contributed by atoms with E-state index >= 15 is 0 Å². The third kappa shape index (κ3) is 2.69. The molecule has 0 amide bonds. The first-order chi connectivity index (χ1) is 8.61. The maximum atomic E-state index is 13.8. The Labute approximate surface area is 107 Å². The van der Waals surface area contributed by atoms with Crippen LogP contribution in [0.15, 0.2) is 6.20 Å². The fourth-order valence-electron chi connectivity index (χ4n) is 2.18. The zero-order chi connectivity index (χ0) is 13.1. The Bertz CT molecular complexity index is 409. The van der Waals surface area contributed by atoms with Crippen molar-refractivity contribution in [1.29, 1.82) is 0 Å². The van der Waals surface area contributed by atoms with Crippen molar-refractivity contribution in [1.82, 2.24) is 14.9 Å². The van der Waals surface area contributed by atoms with E-state index in [0.29, 0.717) is 17.8 Å². The predicted octanol–water partition coefficient (Wildman–Crippen LogP) is 1.19. The van der Waals surface area contributed by atoms with Crippen LogP contribution in [0, 0.1) is 5.82 Å². The molecule has 1 aromatic heterocycles. The van der Waals surface area contributed by atoms with Gasteiger partial charge in [-0.05, 0) is 27.4 Å². The summed E-state index contributed by atoms with van der Waals surface area (Å²) in [6, 6.07) is 0.460. The van der Waals surface area contributed by atoms with Crippen LogP contribution in [0.25, 0.3) is 0 Å². The zero-order valence-electron chi connectivity index (χ0n) is 11.1. The highest BCUT2D eigenvalue weighted by Crippen LogP contribution is 2.23. The van der Waals surface area contributed by atoms with Gasteiger partial charge in [0.25, 0.3) is 0 Å². The fraction of sp³-hybridized carbons (Fsp3) is 0.667. The largest absolute Gasteiger partial charge is 0.354 e. The lowest BCUT2D eigenvalue weighted by Crippen LogP contribution is -2.32. The van der Waals surface area contributed by atoms with Gasteiger partial charge in [0, 0.05) is 25.7 Å². The highest BCUT2D eigenvalue weighted by atomic mass is 19.1. The molecule has 1 aliphatic rings. The van der Waals surface area contributed by atoms with Gasteiger partial charge in [-0.3, -0.25) is 0 Å². The second kappa shape index (κ2) is 5.48. The number of hydrogen-bond acceptors (Lipinski definition) is 5. The maximum absolute atomic E-state index is 13.8. The van der Waals surface area contributed by atoms with Crippen molar-refractivity contribution in [2.75, 3.05) is 43.9 Å². The standard InChI is InChI=1S/C12H20FN5/c1-4-14-12-15-7-10(13)11(16-12)18-6-5-9(8-18)17(2)3/h7,9H,4-6,8H2,1-3H3,(H,14,15,16). The third-order valence-corrected chi connectivity index (χ3v) is 3.25. The highest BCUT2D eigenvalue weighted by molar-refractivity contribution is 5.45. The lowest BCUT2D eigenvalue weighted by Gasteiger charge is -2.21. The third-order valence-electron chi connectivity index (χ3n) is 3.25. The van der Waals surface area contributed by atoms with Crippen LogP contribution in [-0.2, 0) is 0 Å². The average molecular weight is 253 g/mol. The molecule has 18 heavy (non-hydrogen) atoms. The zero-order valence-corrected chi connectivity index (χ0v) is 11.1. The fourth-order valence-corrected chi connectivity index (χ4v) is 2.18. The normalized spacial score (nSPS) is 19.6. The molecule has 1 atom stereocenters. The van der Waals surface area contributed by atoms with Crippen molar-refractivity contribution in [2.24, 2.45) is 0 Å². The van der Waals surface area contributed by atoms with Crippen molar-refractivity contribution in [2.45, 2.75) is 19.4 Å². The van der Waals surface area contributed by atoms with Crippen LogP contribution in [0.1, 0.15) is 13.3 Å². The first-order valence-electron chi connectivity index (χ1n) is 6.29. The van der Waals surface area contributed by atoms with E-state index < -0.39 is 0 Å². The van der Waals surface area contributed by atoms with Gasteiger partial charge in [0.15, 0.2) is 11.6 Å². The lowest BCUT2D eigenvalue weighted by molar-refractivity contribution is 0.315. The van der Waals surface area contributed by atoms with Gasteiger partial charge in [0.2, 0.25) is 5.95 Å². The average Bonchev–Trinajstić information content (AvgIpc) is 2.81. The summed E-state index contributed by atoms with van der Waals surface area (Å²) in [5.74, 6) is 0.545. The number of nitrogens with one attached hydrogen (secondary N) is 1. The van der Waals surface area contributed by atoms with Gasteiger partial charge < -0.3 is 15.1 Å². The van der Waals surface area contributed by atoms with Crippen LogP contribution in [0.2, 0.25) is 0 Å². The van der Waals surface area contributed by atoms with Crippen molar-refractivity contribution >= 4 is 11.8 Å². The summed E-state index contributed by atoms with van der Waals surface area (Å²) in [4.78, 5) is 12.3. The molecule has 1 aliphatic heterocycles. The van der Waals surface area contributed by atoms with E-state index in [0.717, 1.165) is 26.1 Å². The van der Waals surface area contributed by atoms with Gasteiger partial charge in [0.05, 0.1) is 6.20 Å². The van der Waals surface area contributed by atoms with Crippen molar-refractivity contribution in [3.8, 4) is 0 Å². The molecule has 1 fully saturated rings. The van der Waals surface area contributed by atoms with E-state index in [9.17, 15) is 4.39 Å². The number of likely N-dealkylation sites (N-methyl/N-ethyl adjacent to an activating group) is 1. The Balaban J connectivity index is 2.15. The first kappa shape index (κ1) is 13.0. The van der Waals surface area contributed by atoms with Gasteiger partial charge in [-0.15, -0.1) is 0 Å². The maximum Gasteiger partial charge on any atom is 0.224 e. The Hall–Kier alpha value is -1.43. The molecule has 1 aromatic rings. The molecule has 0 aromatic carbocycles. The number of anilines is 2. The Kier molecular flexibility index (Phi) is 3.96. The van der Waals surface area contributed by atoms with Crippen molar-refractivity contribution in [3.05, 3.63) is 12.0 Å². The highest BCUT2D eigenvalue weighted by Gasteiger charge is 2.27. The van der Waals surface area contributed by atoms with E-state index in [1.807, 2.05) is 11.8 Å². The predicted molar refractivity (Wildman–Crippen MR) is 70.5 cm³/mol. The van der Waals surface area contributed by atoms with E-state index in [4.69, 9.17) is 0 Å². The number of rotatable bonds is 4. The molecule has 1 unspecified atom stereocenters. The van der Waals surface area contributed by atoms with Crippen molar-refractivity contribution in [3.63, 3.8) is 0 Å². The SMILES string of the molecule is CCNc1ncc(F)c(N2CCC(N(C)C)C2)n1. The molecule has 2 heterocycles. The van der Waals surface area contributed by atoms with Gasteiger partial charge in [-0.25, -0.2) is 9.37 Å². The molecule has 0 radical (unpaired) electrons.